The number of quaternary nitrogens is 1. The van der Waals surface area contributed by atoms with Crippen molar-refractivity contribution in [1.29, 1.82) is 0 Å². The number of thiocarbonyl (C=S) groups is 1. The molecule has 0 spiro atoms. The predicted octanol–water partition coefficient (Wildman–Crippen LogP) is 0.899. The molecule has 1 aliphatic heterocycles. The average molecular weight is 308 g/mol. The zero-order chi connectivity index (χ0) is 15.1. The summed E-state index contributed by atoms with van der Waals surface area (Å²) in [6.45, 7) is 3.34. The Hall–Kier alpha value is -1.33. The Morgan fingerprint density at radius 1 is 1.24 bits per heavy atom. The average Bonchev–Trinajstić information content (AvgIpc) is 2.56. The summed E-state index contributed by atoms with van der Waals surface area (Å²) < 4.78 is 5.26. The lowest BCUT2D eigenvalue weighted by Crippen LogP contribution is -3.13. The van der Waals surface area contributed by atoms with Crippen molar-refractivity contribution >= 4 is 17.3 Å². The number of likely N-dealkylation sites (tertiary alicyclic amines) is 1. The maximum absolute atomic E-state index is 5.26. The standard InChI is InChI=1S/C16H25N3OS/c1-17-16(21)18-12-15(19-10-4-3-5-11-19)13-6-8-14(20-2)9-7-13/h6-9,15H,3-5,10-12H2,1-2H3,(H2,17,18,21)/p+1/t15-/m1/s1. The van der Waals surface area contributed by atoms with E-state index in [4.69, 9.17) is 17.0 Å². The monoisotopic (exact) mass is 308 g/mol. The fraction of sp³-hybridized carbons (Fsp3) is 0.562. The molecule has 0 aromatic heterocycles. The van der Waals surface area contributed by atoms with Crippen molar-refractivity contribution in [1.82, 2.24) is 10.6 Å². The number of rotatable bonds is 5. The summed E-state index contributed by atoms with van der Waals surface area (Å²) >= 11 is 5.21. The summed E-state index contributed by atoms with van der Waals surface area (Å²) in [7, 11) is 3.56. The molecule has 0 aliphatic carbocycles. The van der Waals surface area contributed by atoms with Crippen molar-refractivity contribution in [3.63, 3.8) is 0 Å². The molecule has 1 aromatic rings. The lowest BCUT2D eigenvalue weighted by atomic mass is 10.0. The van der Waals surface area contributed by atoms with Crippen LogP contribution in [0.3, 0.4) is 0 Å². The van der Waals surface area contributed by atoms with Gasteiger partial charge in [0.2, 0.25) is 0 Å². The molecule has 4 nitrogen and oxygen atoms in total. The maximum atomic E-state index is 5.26. The first-order chi connectivity index (χ1) is 10.2. The molecule has 1 atom stereocenters. The molecular weight excluding hydrogens is 282 g/mol. The smallest absolute Gasteiger partial charge is 0.166 e. The van der Waals surface area contributed by atoms with E-state index < -0.39 is 0 Å². The molecule has 1 saturated heterocycles. The van der Waals surface area contributed by atoms with Crippen LogP contribution in [0.4, 0.5) is 0 Å². The molecule has 0 bridgehead atoms. The van der Waals surface area contributed by atoms with E-state index in [2.05, 4.69) is 22.8 Å². The van der Waals surface area contributed by atoms with E-state index in [-0.39, 0.29) is 0 Å². The van der Waals surface area contributed by atoms with Crippen LogP contribution in [0.2, 0.25) is 0 Å². The van der Waals surface area contributed by atoms with Gasteiger partial charge in [-0.3, -0.25) is 0 Å². The quantitative estimate of drug-likeness (QED) is 0.707. The number of hydrogen-bond donors (Lipinski definition) is 3. The summed E-state index contributed by atoms with van der Waals surface area (Å²) in [5.41, 5.74) is 1.35. The number of methoxy groups -OCH3 is 1. The van der Waals surface area contributed by atoms with Gasteiger partial charge in [-0.25, -0.2) is 0 Å². The van der Waals surface area contributed by atoms with E-state index in [0.29, 0.717) is 11.2 Å². The molecule has 21 heavy (non-hydrogen) atoms. The molecule has 2 rings (SSSR count). The third kappa shape index (κ3) is 4.58. The first-order valence-electron chi connectivity index (χ1n) is 7.68. The zero-order valence-corrected chi connectivity index (χ0v) is 13.8. The van der Waals surface area contributed by atoms with Crippen LogP contribution in [0.5, 0.6) is 5.75 Å². The third-order valence-electron chi connectivity index (χ3n) is 4.20. The Morgan fingerprint density at radius 2 is 1.90 bits per heavy atom. The summed E-state index contributed by atoms with van der Waals surface area (Å²) in [5.74, 6) is 0.907. The van der Waals surface area contributed by atoms with Crippen LogP contribution >= 0.6 is 12.2 Å². The number of nitrogens with one attached hydrogen (secondary N) is 3. The highest BCUT2D eigenvalue weighted by Gasteiger charge is 2.26. The van der Waals surface area contributed by atoms with Crippen LogP contribution in [0.25, 0.3) is 0 Å². The zero-order valence-electron chi connectivity index (χ0n) is 12.9. The van der Waals surface area contributed by atoms with Gasteiger partial charge in [0.1, 0.15) is 11.8 Å². The van der Waals surface area contributed by atoms with Gasteiger partial charge in [-0.15, -0.1) is 0 Å². The lowest BCUT2D eigenvalue weighted by Gasteiger charge is -2.32. The van der Waals surface area contributed by atoms with Crippen molar-refractivity contribution < 1.29 is 9.64 Å². The van der Waals surface area contributed by atoms with Gasteiger partial charge in [0, 0.05) is 12.6 Å². The minimum absolute atomic E-state index is 0.433. The second-order valence-corrected chi connectivity index (χ2v) is 5.91. The van der Waals surface area contributed by atoms with Crippen LogP contribution in [0, 0.1) is 0 Å². The number of piperidine rings is 1. The molecule has 5 heteroatoms. The van der Waals surface area contributed by atoms with Crippen LogP contribution < -0.4 is 20.3 Å². The molecule has 116 valence electrons. The minimum atomic E-state index is 0.433. The highest BCUT2D eigenvalue weighted by molar-refractivity contribution is 7.80. The normalized spacial score (nSPS) is 17.0. The Kier molecular flexibility index (Phi) is 6.26. The van der Waals surface area contributed by atoms with Crippen LogP contribution in [-0.2, 0) is 0 Å². The van der Waals surface area contributed by atoms with Gasteiger partial charge in [0.25, 0.3) is 0 Å². The fourth-order valence-corrected chi connectivity index (χ4v) is 3.05. The topological polar surface area (TPSA) is 37.7 Å². The minimum Gasteiger partial charge on any atom is -0.497 e. The van der Waals surface area contributed by atoms with E-state index in [0.717, 1.165) is 12.3 Å². The van der Waals surface area contributed by atoms with E-state index in [1.54, 1.807) is 12.0 Å². The molecule has 0 saturated carbocycles. The van der Waals surface area contributed by atoms with Crippen LogP contribution in [0.1, 0.15) is 30.9 Å². The highest BCUT2D eigenvalue weighted by Crippen LogP contribution is 2.16. The van der Waals surface area contributed by atoms with Gasteiger partial charge in [-0.2, -0.15) is 0 Å². The molecule has 0 unspecified atom stereocenters. The number of benzene rings is 1. The van der Waals surface area contributed by atoms with Crippen molar-refractivity contribution in [3.05, 3.63) is 29.8 Å². The Labute approximate surface area is 132 Å². The van der Waals surface area contributed by atoms with Crippen molar-refractivity contribution in [2.45, 2.75) is 25.3 Å². The maximum Gasteiger partial charge on any atom is 0.166 e. The van der Waals surface area contributed by atoms with Gasteiger partial charge >= 0.3 is 0 Å². The largest absolute Gasteiger partial charge is 0.497 e. The fourth-order valence-electron chi connectivity index (χ4n) is 2.97. The number of hydrogen-bond acceptors (Lipinski definition) is 2. The summed E-state index contributed by atoms with van der Waals surface area (Å²) in [6, 6.07) is 8.87. The Bertz CT molecular complexity index is 443. The number of ether oxygens (including phenoxy) is 1. The molecule has 3 N–H and O–H groups in total. The van der Waals surface area contributed by atoms with Crippen molar-refractivity contribution in [3.8, 4) is 5.75 Å². The van der Waals surface area contributed by atoms with Crippen molar-refractivity contribution in [2.75, 3.05) is 33.8 Å². The summed E-state index contributed by atoms with van der Waals surface area (Å²) in [4.78, 5) is 1.65. The second kappa shape index (κ2) is 8.20. The molecule has 1 aromatic carbocycles. The lowest BCUT2D eigenvalue weighted by molar-refractivity contribution is -0.934. The molecule has 1 aliphatic rings. The molecule has 0 radical (unpaired) electrons. The van der Waals surface area contributed by atoms with E-state index in [1.165, 1.54) is 37.9 Å². The molecular formula is C16H26N3OS+. The first-order valence-corrected chi connectivity index (χ1v) is 8.09. The third-order valence-corrected chi connectivity index (χ3v) is 4.55. The van der Waals surface area contributed by atoms with E-state index in [1.807, 2.05) is 19.2 Å². The Balaban J connectivity index is 2.10. The first kappa shape index (κ1) is 16.0. The SMILES string of the molecule is CNC(=S)NC[C@H](c1ccc(OC)cc1)[NH+]1CCCCC1. The molecule has 1 heterocycles. The van der Waals surface area contributed by atoms with Gasteiger partial charge in [-0.1, -0.05) is 0 Å². The highest BCUT2D eigenvalue weighted by atomic mass is 32.1. The second-order valence-electron chi connectivity index (χ2n) is 5.50. The van der Waals surface area contributed by atoms with E-state index >= 15 is 0 Å². The molecule has 0 amide bonds. The van der Waals surface area contributed by atoms with Gasteiger partial charge in [-0.05, 0) is 55.7 Å². The summed E-state index contributed by atoms with van der Waals surface area (Å²) in [5, 5.41) is 7.02. The van der Waals surface area contributed by atoms with E-state index in [9.17, 15) is 0 Å². The predicted molar refractivity (Wildman–Crippen MR) is 89.9 cm³/mol. The molecule has 1 fully saturated rings. The van der Waals surface area contributed by atoms with Crippen LogP contribution in [0.15, 0.2) is 24.3 Å². The van der Waals surface area contributed by atoms with Gasteiger partial charge < -0.3 is 20.3 Å². The van der Waals surface area contributed by atoms with Crippen molar-refractivity contribution in [2.24, 2.45) is 0 Å². The van der Waals surface area contributed by atoms with Crippen LogP contribution in [-0.4, -0.2) is 38.9 Å². The Morgan fingerprint density at radius 3 is 2.48 bits per heavy atom. The van der Waals surface area contributed by atoms with Gasteiger partial charge in [0.05, 0.1) is 26.7 Å². The van der Waals surface area contributed by atoms with Gasteiger partial charge in [0.15, 0.2) is 5.11 Å². The summed E-state index contributed by atoms with van der Waals surface area (Å²) in [6.07, 6.45) is 4.00.